The molecule has 3 rings (SSSR count). The summed E-state index contributed by atoms with van der Waals surface area (Å²) >= 11 is 24.8. The van der Waals surface area contributed by atoms with Gasteiger partial charge >= 0.3 is 0 Å². The molecule has 0 aliphatic carbocycles. The molecule has 0 fully saturated rings. The largest absolute Gasteiger partial charge is 0.352 e. The summed E-state index contributed by atoms with van der Waals surface area (Å²) in [6.45, 7) is 2.96. The minimum absolute atomic E-state index is 0.0168. The molecule has 1 N–H and O–H groups in total. The van der Waals surface area contributed by atoms with Crippen LogP contribution in [0, 0.1) is 0 Å². The molecule has 0 spiro atoms. The van der Waals surface area contributed by atoms with Gasteiger partial charge in [0.2, 0.25) is 21.8 Å². The van der Waals surface area contributed by atoms with Crippen molar-refractivity contribution in [3.8, 4) is 0 Å². The first-order chi connectivity index (χ1) is 18.8. The third-order valence-corrected chi connectivity index (χ3v) is 8.59. The number of carbonyl (C=O) groups is 2. The van der Waals surface area contributed by atoms with Crippen LogP contribution in [-0.2, 0) is 32.6 Å². The van der Waals surface area contributed by atoms with Gasteiger partial charge in [-0.3, -0.25) is 13.9 Å². The minimum Gasteiger partial charge on any atom is -0.352 e. The summed E-state index contributed by atoms with van der Waals surface area (Å²) in [5.41, 5.74) is 1.46. The lowest BCUT2D eigenvalue weighted by atomic mass is 10.0. The molecule has 214 valence electrons. The zero-order chi connectivity index (χ0) is 29.6. The van der Waals surface area contributed by atoms with Crippen LogP contribution in [0.2, 0.25) is 20.1 Å². The minimum atomic E-state index is -3.99. The summed E-state index contributed by atoms with van der Waals surface area (Å²) in [6.07, 6.45) is 1.15. The number of carbonyl (C=O) groups excluding carboxylic acids is 2. The van der Waals surface area contributed by atoms with Gasteiger partial charge in [-0.25, -0.2) is 8.42 Å². The van der Waals surface area contributed by atoms with E-state index >= 15 is 0 Å². The molecule has 0 bridgehead atoms. The number of amides is 2. The summed E-state index contributed by atoms with van der Waals surface area (Å²) in [5, 5.41) is 3.61. The lowest BCUT2D eigenvalue weighted by Gasteiger charge is -2.34. The van der Waals surface area contributed by atoms with E-state index in [4.69, 9.17) is 46.4 Å². The number of rotatable bonds is 11. The summed E-state index contributed by atoms with van der Waals surface area (Å²) in [7, 11) is -3.99. The van der Waals surface area contributed by atoms with Gasteiger partial charge in [0.1, 0.15) is 12.6 Å². The van der Waals surface area contributed by atoms with Crippen molar-refractivity contribution in [2.75, 3.05) is 17.1 Å². The number of nitrogens with one attached hydrogen (secondary N) is 1. The number of hydrogen-bond acceptors (Lipinski definition) is 4. The molecule has 2 amide bonds. The SMILES string of the molecule is CC(C)NC(=O)[C@H](Cc1ccccc1)N(Cc1ccc(Cl)c(Cl)c1)C(=O)CN(c1cccc(Cl)c1Cl)S(C)(=O)=O. The monoisotopic (exact) mass is 643 g/mol. The molecular formula is C28H29Cl4N3O4S. The molecule has 0 saturated heterocycles. The van der Waals surface area contributed by atoms with Crippen LogP contribution in [0.4, 0.5) is 5.69 Å². The quantitative estimate of drug-likeness (QED) is 0.268. The normalized spacial score (nSPS) is 12.2. The maximum Gasteiger partial charge on any atom is 0.244 e. The fourth-order valence-corrected chi connectivity index (χ4v) is 5.67. The van der Waals surface area contributed by atoms with E-state index in [1.165, 1.54) is 23.1 Å². The fourth-order valence-electron chi connectivity index (χ4n) is 4.05. The molecule has 0 unspecified atom stereocenters. The van der Waals surface area contributed by atoms with Gasteiger partial charge in [0, 0.05) is 19.0 Å². The number of halogens is 4. The van der Waals surface area contributed by atoms with E-state index < -0.39 is 28.5 Å². The summed E-state index contributed by atoms with van der Waals surface area (Å²) in [6, 6.07) is 17.4. The maximum atomic E-state index is 14.1. The van der Waals surface area contributed by atoms with Crippen molar-refractivity contribution in [3.63, 3.8) is 0 Å². The third-order valence-electron chi connectivity index (χ3n) is 5.92. The molecule has 3 aromatic rings. The van der Waals surface area contributed by atoms with E-state index in [9.17, 15) is 18.0 Å². The predicted octanol–water partition coefficient (Wildman–Crippen LogP) is 6.23. The molecule has 12 heteroatoms. The van der Waals surface area contributed by atoms with E-state index in [1.807, 2.05) is 44.2 Å². The van der Waals surface area contributed by atoms with Gasteiger partial charge in [-0.05, 0) is 49.2 Å². The Bertz CT molecular complexity index is 1470. The van der Waals surface area contributed by atoms with Gasteiger partial charge in [-0.2, -0.15) is 0 Å². The highest BCUT2D eigenvalue weighted by Gasteiger charge is 2.34. The molecule has 0 saturated carbocycles. The van der Waals surface area contributed by atoms with Gasteiger partial charge in [-0.15, -0.1) is 0 Å². The zero-order valence-electron chi connectivity index (χ0n) is 22.1. The van der Waals surface area contributed by atoms with Crippen LogP contribution in [-0.4, -0.2) is 50.0 Å². The Balaban J connectivity index is 2.10. The van der Waals surface area contributed by atoms with Crippen molar-refractivity contribution >= 4 is 73.9 Å². The number of hydrogen-bond donors (Lipinski definition) is 1. The molecule has 0 aliphatic heterocycles. The number of sulfonamides is 1. The number of anilines is 1. The van der Waals surface area contributed by atoms with Crippen molar-refractivity contribution in [2.45, 2.75) is 38.9 Å². The van der Waals surface area contributed by atoms with Crippen LogP contribution in [0.1, 0.15) is 25.0 Å². The Morgan fingerprint density at radius 1 is 0.850 bits per heavy atom. The van der Waals surface area contributed by atoms with E-state index in [2.05, 4.69) is 5.32 Å². The lowest BCUT2D eigenvalue weighted by molar-refractivity contribution is -0.140. The summed E-state index contributed by atoms with van der Waals surface area (Å²) in [5.74, 6) is -1.02. The Kier molecular flexibility index (Phi) is 11.1. The number of nitrogens with zero attached hydrogens (tertiary/aromatic N) is 2. The van der Waals surface area contributed by atoms with Crippen LogP contribution < -0.4 is 9.62 Å². The molecule has 7 nitrogen and oxygen atoms in total. The molecule has 3 aromatic carbocycles. The predicted molar refractivity (Wildman–Crippen MR) is 163 cm³/mol. The second-order valence-corrected chi connectivity index (χ2v) is 13.0. The average molecular weight is 645 g/mol. The third kappa shape index (κ3) is 8.51. The van der Waals surface area contributed by atoms with Gasteiger partial charge < -0.3 is 10.2 Å². The Morgan fingerprint density at radius 2 is 1.52 bits per heavy atom. The second-order valence-electron chi connectivity index (χ2n) is 9.48. The molecule has 0 aromatic heterocycles. The van der Waals surface area contributed by atoms with Crippen molar-refractivity contribution in [1.29, 1.82) is 0 Å². The van der Waals surface area contributed by atoms with E-state index in [0.717, 1.165) is 16.1 Å². The Labute approximate surface area is 255 Å². The van der Waals surface area contributed by atoms with Gasteiger partial charge in [0.15, 0.2) is 0 Å². The van der Waals surface area contributed by atoms with Gasteiger partial charge in [-0.1, -0.05) is 88.9 Å². The fraction of sp³-hybridized carbons (Fsp3) is 0.286. The van der Waals surface area contributed by atoms with Crippen LogP contribution in [0.3, 0.4) is 0 Å². The topological polar surface area (TPSA) is 86.8 Å². The molecule has 40 heavy (non-hydrogen) atoms. The first kappa shape index (κ1) is 32.0. The molecular weight excluding hydrogens is 616 g/mol. The molecule has 0 aliphatic rings. The van der Waals surface area contributed by atoms with E-state index in [0.29, 0.717) is 10.6 Å². The highest BCUT2D eigenvalue weighted by atomic mass is 35.5. The van der Waals surface area contributed by atoms with Crippen molar-refractivity contribution in [2.24, 2.45) is 0 Å². The lowest BCUT2D eigenvalue weighted by Crippen LogP contribution is -2.54. The first-order valence-corrected chi connectivity index (χ1v) is 15.6. The van der Waals surface area contributed by atoms with Crippen LogP contribution >= 0.6 is 46.4 Å². The maximum absolute atomic E-state index is 14.1. The van der Waals surface area contributed by atoms with Gasteiger partial charge in [0.25, 0.3) is 0 Å². The first-order valence-electron chi connectivity index (χ1n) is 12.3. The van der Waals surface area contributed by atoms with Crippen molar-refractivity contribution < 1.29 is 18.0 Å². The molecule has 0 radical (unpaired) electrons. The van der Waals surface area contributed by atoms with Crippen LogP contribution in [0.15, 0.2) is 66.7 Å². The number of benzene rings is 3. The van der Waals surface area contributed by atoms with E-state index in [1.54, 1.807) is 18.2 Å². The molecule has 0 heterocycles. The Hall–Kier alpha value is -2.49. The highest BCUT2D eigenvalue weighted by molar-refractivity contribution is 7.92. The average Bonchev–Trinajstić information content (AvgIpc) is 2.88. The highest BCUT2D eigenvalue weighted by Crippen LogP contribution is 2.34. The zero-order valence-corrected chi connectivity index (χ0v) is 25.9. The van der Waals surface area contributed by atoms with Gasteiger partial charge in [0.05, 0.1) is 32.0 Å². The van der Waals surface area contributed by atoms with Crippen molar-refractivity contribution in [1.82, 2.24) is 10.2 Å². The summed E-state index contributed by atoms with van der Waals surface area (Å²) in [4.78, 5) is 28.9. The van der Waals surface area contributed by atoms with Crippen LogP contribution in [0.25, 0.3) is 0 Å². The molecule has 1 atom stereocenters. The van der Waals surface area contributed by atoms with Crippen LogP contribution in [0.5, 0.6) is 0 Å². The van der Waals surface area contributed by atoms with E-state index in [-0.39, 0.29) is 45.7 Å². The smallest absolute Gasteiger partial charge is 0.244 e. The summed E-state index contributed by atoms with van der Waals surface area (Å²) < 4.78 is 26.6. The second kappa shape index (κ2) is 13.9. The Morgan fingerprint density at radius 3 is 2.12 bits per heavy atom. The standard InChI is InChI=1S/C28H29Cl4N3O4S/c1-18(2)33-28(37)25(15-19-8-5-4-6-9-19)34(16-20-12-13-21(29)23(31)14-20)26(36)17-35(40(3,38)39)24-11-7-10-22(30)27(24)32/h4-14,18,25H,15-17H2,1-3H3,(H,33,37)/t25-/m0/s1. The van der Waals surface area contributed by atoms with Crippen molar-refractivity contribution in [3.05, 3.63) is 97.9 Å².